The Balaban J connectivity index is 1.30. The van der Waals surface area contributed by atoms with Gasteiger partial charge in [0.25, 0.3) is 0 Å². The van der Waals surface area contributed by atoms with Crippen LogP contribution >= 0.6 is 0 Å². The number of nitrogens with zero attached hydrogens (tertiary/aromatic N) is 4. The van der Waals surface area contributed by atoms with Gasteiger partial charge in [-0.05, 0) is 68.6 Å². The Kier molecular flexibility index (Phi) is 5.96. The summed E-state index contributed by atoms with van der Waals surface area (Å²) < 4.78 is 0. The molecule has 1 aromatic heterocycles. The summed E-state index contributed by atoms with van der Waals surface area (Å²) in [5, 5.41) is 3.51. The van der Waals surface area contributed by atoms with E-state index in [0.717, 1.165) is 56.4 Å². The number of nitrogens with one attached hydrogen (secondary N) is 1. The minimum Gasteiger partial charge on any atom is -0.357 e. The zero-order valence-corrected chi connectivity index (χ0v) is 17.0. The van der Waals surface area contributed by atoms with E-state index in [1.54, 1.807) is 0 Å². The summed E-state index contributed by atoms with van der Waals surface area (Å²) in [5.74, 6) is 3.12. The summed E-state index contributed by atoms with van der Waals surface area (Å²) in [7, 11) is 0. The van der Waals surface area contributed by atoms with E-state index < -0.39 is 0 Å². The lowest BCUT2D eigenvalue weighted by Crippen LogP contribution is -2.55. The smallest absolute Gasteiger partial charge is 0.194 e. The second-order valence-electron chi connectivity index (χ2n) is 8.55. The van der Waals surface area contributed by atoms with Gasteiger partial charge in [0.2, 0.25) is 0 Å². The molecule has 5 nitrogen and oxygen atoms in total. The number of fused-ring (bicyclic) bond motifs is 2. The topological polar surface area (TPSA) is 43.8 Å². The molecule has 5 heteroatoms. The highest BCUT2D eigenvalue weighted by Crippen LogP contribution is 2.46. The molecule has 27 heavy (non-hydrogen) atoms. The molecule has 0 aromatic carbocycles. The number of hydrogen-bond acceptors (Lipinski definition) is 3. The van der Waals surface area contributed by atoms with Gasteiger partial charge in [-0.15, -0.1) is 0 Å². The summed E-state index contributed by atoms with van der Waals surface area (Å²) in [6.07, 6.45) is 10.7. The minimum atomic E-state index is 0.833. The lowest BCUT2D eigenvalue weighted by molar-refractivity contribution is 0.0958. The number of guanidine groups is 1. The predicted octanol–water partition coefficient (Wildman–Crippen LogP) is 2.70. The van der Waals surface area contributed by atoms with Crippen molar-refractivity contribution < 1.29 is 0 Å². The minimum absolute atomic E-state index is 0.833. The van der Waals surface area contributed by atoms with Crippen LogP contribution in [-0.2, 0) is 6.42 Å². The maximum Gasteiger partial charge on any atom is 0.194 e. The van der Waals surface area contributed by atoms with E-state index in [0.29, 0.717) is 0 Å². The van der Waals surface area contributed by atoms with Crippen LogP contribution in [0.1, 0.15) is 43.7 Å². The van der Waals surface area contributed by atoms with Gasteiger partial charge in [0.05, 0.1) is 0 Å². The molecule has 2 aliphatic carbocycles. The molecule has 3 fully saturated rings. The molecule has 1 aromatic rings. The molecule has 2 saturated carbocycles. The number of hydrogen-bond donors (Lipinski definition) is 1. The Hall–Kier alpha value is -1.62. The van der Waals surface area contributed by atoms with Gasteiger partial charge >= 0.3 is 0 Å². The Bertz CT molecular complexity index is 650. The van der Waals surface area contributed by atoms with Crippen molar-refractivity contribution in [1.29, 1.82) is 0 Å². The molecule has 3 unspecified atom stereocenters. The van der Waals surface area contributed by atoms with E-state index in [1.165, 1.54) is 49.9 Å². The van der Waals surface area contributed by atoms with E-state index in [1.807, 2.05) is 12.4 Å². The molecule has 0 radical (unpaired) electrons. The first-order valence-corrected chi connectivity index (χ1v) is 10.9. The van der Waals surface area contributed by atoms with Crippen LogP contribution in [-0.4, -0.2) is 66.1 Å². The molecule has 0 amide bonds. The molecular weight excluding hydrogens is 334 g/mol. The van der Waals surface area contributed by atoms with Crippen molar-refractivity contribution in [2.45, 2.75) is 52.0 Å². The van der Waals surface area contributed by atoms with Gasteiger partial charge in [-0.2, -0.15) is 0 Å². The summed E-state index contributed by atoms with van der Waals surface area (Å²) in [6, 6.07) is 2.99. The highest BCUT2D eigenvalue weighted by Gasteiger charge is 2.42. The van der Waals surface area contributed by atoms with Crippen LogP contribution in [0.3, 0.4) is 0 Å². The largest absolute Gasteiger partial charge is 0.357 e. The molecular formula is C22H35N5. The quantitative estimate of drug-likeness (QED) is 0.640. The number of aromatic nitrogens is 1. The van der Waals surface area contributed by atoms with Crippen molar-refractivity contribution in [2.75, 3.05) is 39.3 Å². The SMILES string of the molecule is CCNC(=NCCc1ccncc1C)N1CCN(C2CC3CCC2C3)CC1. The average Bonchev–Trinajstić information content (AvgIpc) is 3.32. The van der Waals surface area contributed by atoms with Crippen molar-refractivity contribution in [1.82, 2.24) is 20.1 Å². The second kappa shape index (κ2) is 8.59. The van der Waals surface area contributed by atoms with Gasteiger partial charge in [0, 0.05) is 57.7 Å². The van der Waals surface area contributed by atoms with Crippen LogP contribution in [0.15, 0.2) is 23.5 Å². The number of pyridine rings is 1. The zero-order chi connectivity index (χ0) is 18.6. The van der Waals surface area contributed by atoms with Crippen LogP contribution in [0.4, 0.5) is 0 Å². The Morgan fingerprint density at radius 3 is 2.74 bits per heavy atom. The molecule has 0 spiro atoms. The first kappa shape index (κ1) is 18.7. The Morgan fingerprint density at radius 2 is 2.07 bits per heavy atom. The monoisotopic (exact) mass is 369 g/mol. The molecule has 2 bridgehead atoms. The highest BCUT2D eigenvalue weighted by atomic mass is 15.4. The Morgan fingerprint density at radius 1 is 1.22 bits per heavy atom. The average molecular weight is 370 g/mol. The third kappa shape index (κ3) is 4.29. The number of aliphatic imine (C=N–C) groups is 1. The van der Waals surface area contributed by atoms with Crippen LogP contribution in [0.25, 0.3) is 0 Å². The van der Waals surface area contributed by atoms with Crippen molar-refractivity contribution in [3.63, 3.8) is 0 Å². The second-order valence-corrected chi connectivity index (χ2v) is 8.55. The predicted molar refractivity (Wildman–Crippen MR) is 111 cm³/mol. The number of piperazine rings is 1. The van der Waals surface area contributed by atoms with Gasteiger partial charge in [0.15, 0.2) is 5.96 Å². The Labute approximate surface area is 164 Å². The lowest BCUT2D eigenvalue weighted by atomic mass is 9.93. The summed E-state index contributed by atoms with van der Waals surface area (Å²) >= 11 is 0. The summed E-state index contributed by atoms with van der Waals surface area (Å²) in [6.45, 7) is 10.7. The van der Waals surface area contributed by atoms with Gasteiger partial charge in [-0.25, -0.2) is 0 Å². The van der Waals surface area contributed by atoms with E-state index >= 15 is 0 Å². The summed E-state index contributed by atoms with van der Waals surface area (Å²) in [5.41, 5.74) is 2.61. The van der Waals surface area contributed by atoms with Gasteiger partial charge in [0.1, 0.15) is 0 Å². The number of aryl methyl sites for hydroxylation is 1. The molecule has 1 N–H and O–H groups in total. The van der Waals surface area contributed by atoms with E-state index in [-0.39, 0.29) is 0 Å². The molecule has 1 aliphatic heterocycles. The van der Waals surface area contributed by atoms with Crippen LogP contribution in [0.5, 0.6) is 0 Å². The maximum absolute atomic E-state index is 4.93. The number of rotatable bonds is 5. The molecule has 3 atom stereocenters. The first-order chi connectivity index (χ1) is 13.2. The highest BCUT2D eigenvalue weighted by molar-refractivity contribution is 5.80. The van der Waals surface area contributed by atoms with Crippen molar-refractivity contribution in [2.24, 2.45) is 16.8 Å². The maximum atomic E-state index is 4.93. The van der Waals surface area contributed by atoms with E-state index in [4.69, 9.17) is 4.99 Å². The van der Waals surface area contributed by atoms with Gasteiger partial charge in [-0.3, -0.25) is 14.9 Å². The van der Waals surface area contributed by atoms with Crippen LogP contribution < -0.4 is 5.32 Å². The fourth-order valence-electron chi connectivity index (χ4n) is 5.41. The van der Waals surface area contributed by atoms with Gasteiger partial charge in [-0.1, -0.05) is 6.42 Å². The van der Waals surface area contributed by atoms with Crippen molar-refractivity contribution in [3.05, 3.63) is 29.6 Å². The fraction of sp³-hybridized carbons (Fsp3) is 0.727. The van der Waals surface area contributed by atoms with Crippen LogP contribution in [0, 0.1) is 18.8 Å². The van der Waals surface area contributed by atoms with Crippen LogP contribution in [0.2, 0.25) is 0 Å². The third-order valence-corrected chi connectivity index (χ3v) is 6.90. The van der Waals surface area contributed by atoms with Crippen molar-refractivity contribution >= 4 is 5.96 Å². The van der Waals surface area contributed by atoms with Crippen molar-refractivity contribution in [3.8, 4) is 0 Å². The first-order valence-electron chi connectivity index (χ1n) is 10.9. The molecule has 4 rings (SSSR count). The molecule has 148 valence electrons. The third-order valence-electron chi connectivity index (χ3n) is 6.90. The standard InChI is InChI=1S/C22H35N5/c1-3-24-22(25-9-7-19-6-8-23-16-17(19)2)27-12-10-26(11-13-27)21-15-18-4-5-20(21)14-18/h6,8,16,18,20-21H,3-5,7,9-15H2,1-2H3,(H,24,25). The lowest BCUT2D eigenvalue weighted by Gasteiger charge is -2.42. The zero-order valence-electron chi connectivity index (χ0n) is 17.0. The normalized spacial score (nSPS) is 28.7. The fourth-order valence-corrected chi connectivity index (χ4v) is 5.41. The van der Waals surface area contributed by atoms with E-state index in [9.17, 15) is 0 Å². The molecule has 1 saturated heterocycles. The molecule has 2 heterocycles. The van der Waals surface area contributed by atoms with Gasteiger partial charge < -0.3 is 10.2 Å². The summed E-state index contributed by atoms with van der Waals surface area (Å²) in [4.78, 5) is 14.4. The molecule has 3 aliphatic rings. The van der Waals surface area contributed by atoms with E-state index in [2.05, 4.69) is 40.0 Å².